The summed E-state index contributed by atoms with van der Waals surface area (Å²) in [6.45, 7) is 5.74. The van der Waals surface area contributed by atoms with Crippen molar-refractivity contribution in [3.8, 4) is 0 Å². The third-order valence-corrected chi connectivity index (χ3v) is 4.12. The summed E-state index contributed by atoms with van der Waals surface area (Å²) in [5, 5.41) is 3.49. The fourth-order valence-electron chi connectivity index (χ4n) is 2.75. The van der Waals surface area contributed by atoms with E-state index in [0.29, 0.717) is 26.3 Å². The monoisotopic (exact) mass is 319 g/mol. The summed E-state index contributed by atoms with van der Waals surface area (Å²) in [5.41, 5.74) is 2.89. The number of hydrogen-bond donors (Lipinski definition) is 1. The van der Waals surface area contributed by atoms with Crippen molar-refractivity contribution in [1.29, 1.82) is 0 Å². The van der Waals surface area contributed by atoms with Gasteiger partial charge in [0, 0.05) is 39.3 Å². The summed E-state index contributed by atoms with van der Waals surface area (Å²) < 4.78 is 5.32. The Kier molecular flexibility index (Phi) is 6.71. The van der Waals surface area contributed by atoms with Crippen molar-refractivity contribution in [2.24, 2.45) is 0 Å². The number of ether oxygens (including phenoxy) is 1. The lowest BCUT2D eigenvalue weighted by molar-refractivity contribution is 0.0303. The lowest BCUT2D eigenvalue weighted by Gasteiger charge is -2.27. The average Bonchev–Trinajstić information content (AvgIpc) is 2.58. The van der Waals surface area contributed by atoms with Crippen molar-refractivity contribution in [2.75, 3.05) is 57.2 Å². The summed E-state index contributed by atoms with van der Waals surface area (Å²) >= 11 is 0. The zero-order valence-corrected chi connectivity index (χ0v) is 14.6. The molecule has 0 radical (unpaired) electrons. The van der Waals surface area contributed by atoms with Gasteiger partial charge < -0.3 is 19.9 Å². The first-order valence-corrected chi connectivity index (χ1v) is 8.55. The highest BCUT2D eigenvalue weighted by Gasteiger charge is 2.19. The highest BCUT2D eigenvalue weighted by atomic mass is 16.5. The lowest BCUT2D eigenvalue weighted by Crippen LogP contribution is -2.40. The van der Waals surface area contributed by atoms with Crippen LogP contribution in [0, 0.1) is 0 Å². The van der Waals surface area contributed by atoms with Crippen LogP contribution in [-0.2, 0) is 4.74 Å². The van der Waals surface area contributed by atoms with Crippen molar-refractivity contribution in [3.05, 3.63) is 23.8 Å². The Morgan fingerprint density at radius 3 is 2.65 bits per heavy atom. The van der Waals surface area contributed by atoms with Crippen molar-refractivity contribution < 1.29 is 9.53 Å². The fraction of sp³-hybridized carbons (Fsp3) is 0.611. The minimum Gasteiger partial charge on any atom is -0.383 e. The first-order valence-electron chi connectivity index (χ1n) is 8.55. The molecule has 0 spiro atoms. The Hall–Kier alpha value is -1.75. The van der Waals surface area contributed by atoms with Gasteiger partial charge in [-0.25, -0.2) is 0 Å². The number of rotatable bonds is 7. The van der Waals surface area contributed by atoms with Crippen LogP contribution < -0.4 is 10.2 Å². The van der Waals surface area contributed by atoms with Crippen molar-refractivity contribution in [1.82, 2.24) is 4.90 Å². The summed E-state index contributed by atoms with van der Waals surface area (Å²) in [4.78, 5) is 16.6. The zero-order chi connectivity index (χ0) is 16.7. The highest BCUT2D eigenvalue weighted by Crippen LogP contribution is 2.26. The molecular formula is C18H29N3O2. The molecule has 0 aliphatic carbocycles. The van der Waals surface area contributed by atoms with Gasteiger partial charge in [-0.15, -0.1) is 0 Å². The Balaban J connectivity index is 2.12. The molecule has 0 atom stereocenters. The normalized spacial score (nSPS) is 14.7. The highest BCUT2D eigenvalue weighted by molar-refractivity contribution is 5.96. The molecule has 1 fully saturated rings. The molecule has 0 saturated carbocycles. The quantitative estimate of drug-likeness (QED) is 0.785. The predicted molar refractivity (Wildman–Crippen MR) is 95.5 cm³/mol. The van der Waals surface area contributed by atoms with Crippen LogP contribution in [0.3, 0.4) is 0 Å². The van der Waals surface area contributed by atoms with Crippen LogP contribution in [0.25, 0.3) is 0 Å². The van der Waals surface area contributed by atoms with E-state index in [1.165, 1.54) is 12.8 Å². The Bertz CT molecular complexity index is 511. The van der Waals surface area contributed by atoms with E-state index in [1.54, 1.807) is 0 Å². The summed E-state index contributed by atoms with van der Waals surface area (Å²) in [6.07, 6.45) is 3.57. The molecule has 1 aliphatic rings. The van der Waals surface area contributed by atoms with E-state index in [0.717, 1.165) is 29.9 Å². The number of amides is 1. The number of nitrogens with one attached hydrogen (secondary N) is 1. The second kappa shape index (κ2) is 8.77. The van der Waals surface area contributed by atoms with Crippen molar-refractivity contribution in [2.45, 2.75) is 26.2 Å². The Morgan fingerprint density at radius 2 is 2.00 bits per heavy atom. The fourth-order valence-corrected chi connectivity index (χ4v) is 2.75. The van der Waals surface area contributed by atoms with Gasteiger partial charge >= 0.3 is 0 Å². The van der Waals surface area contributed by atoms with E-state index < -0.39 is 0 Å². The molecule has 5 nitrogen and oxygen atoms in total. The minimum atomic E-state index is 0.0928. The van der Waals surface area contributed by atoms with Gasteiger partial charge in [-0.3, -0.25) is 4.79 Å². The number of benzene rings is 1. The van der Waals surface area contributed by atoms with Crippen LogP contribution in [0.2, 0.25) is 0 Å². The standard InChI is InChI=1S/C18H29N3O2/c1-4-5-6-9-19-16-14-15(7-8-17(16)20(2)3)18(22)21-10-12-23-13-11-21/h7-8,14,19H,4-6,9-13H2,1-3H3. The number of carbonyl (C=O) groups excluding carboxylic acids is 1. The molecular weight excluding hydrogens is 290 g/mol. The first kappa shape index (κ1) is 17.6. The average molecular weight is 319 g/mol. The maximum atomic E-state index is 12.6. The molecule has 2 rings (SSSR count). The molecule has 0 bridgehead atoms. The second-order valence-electron chi connectivity index (χ2n) is 6.16. The van der Waals surface area contributed by atoms with Gasteiger partial charge in [0.15, 0.2) is 0 Å². The van der Waals surface area contributed by atoms with E-state index in [4.69, 9.17) is 4.74 Å². The second-order valence-corrected chi connectivity index (χ2v) is 6.16. The van der Waals surface area contributed by atoms with Gasteiger partial charge in [-0.05, 0) is 24.6 Å². The topological polar surface area (TPSA) is 44.8 Å². The Labute approximate surface area is 139 Å². The van der Waals surface area contributed by atoms with Gasteiger partial charge in [0.05, 0.1) is 24.6 Å². The summed E-state index contributed by atoms with van der Waals surface area (Å²) in [7, 11) is 4.05. The van der Waals surface area contributed by atoms with E-state index >= 15 is 0 Å². The molecule has 1 aromatic carbocycles. The lowest BCUT2D eigenvalue weighted by atomic mass is 10.1. The molecule has 1 saturated heterocycles. The Morgan fingerprint density at radius 1 is 1.26 bits per heavy atom. The van der Waals surface area contributed by atoms with Crippen LogP contribution in [0.1, 0.15) is 36.5 Å². The smallest absolute Gasteiger partial charge is 0.254 e. The number of carbonyl (C=O) groups is 1. The number of hydrogen-bond acceptors (Lipinski definition) is 4. The molecule has 1 amide bonds. The van der Waals surface area contributed by atoms with E-state index in [2.05, 4.69) is 17.1 Å². The van der Waals surface area contributed by atoms with Gasteiger partial charge in [0.25, 0.3) is 5.91 Å². The van der Waals surface area contributed by atoms with Crippen molar-refractivity contribution in [3.63, 3.8) is 0 Å². The first-order chi connectivity index (χ1) is 11.1. The van der Waals surface area contributed by atoms with Gasteiger partial charge in [0.1, 0.15) is 0 Å². The molecule has 1 aliphatic heterocycles. The molecule has 23 heavy (non-hydrogen) atoms. The molecule has 1 N–H and O–H groups in total. The molecule has 0 unspecified atom stereocenters. The van der Waals surface area contributed by atoms with Gasteiger partial charge in [-0.1, -0.05) is 19.8 Å². The SMILES string of the molecule is CCCCCNc1cc(C(=O)N2CCOCC2)ccc1N(C)C. The summed E-state index contributed by atoms with van der Waals surface area (Å²) in [6, 6.07) is 5.93. The number of anilines is 2. The third kappa shape index (κ3) is 4.86. The number of morpholine rings is 1. The third-order valence-electron chi connectivity index (χ3n) is 4.12. The van der Waals surface area contributed by atoms with E-state index in [9.17, 15) is 4.79 Å². The molecule has 128 valence electrons. The van der Waals surface area contributed by atoms with Crippen LogP contribution in [-0.4, -0.2) is 57.8 Å². The van der Waals surface area contributed by atoms with E-state index in [-0.39, 0.29) is 5.91 Å². The number of nitrogens with zero attached hydrogens (tertiary/aromatic N) is 2. The zero-order valence-electron chi connectivity index (χ0n) is 14.6. The predicted octanol–water partition coefficient (Wildman–Crippen LogP) is 2.83. The number of unbranched alkanes of at least 4 members (excludes halogenated alkanes) is 2. The molecule has 1 heterocycles. The van der Waals surface area contributed by atoms with Crippen LogP contribution in [0.15, 0.2) is 18.2 Å². The maximum Gasteiger partial charge on any atom is 0.254 e. The van der Waals surface area contributed by atoms with Gasteiger partial charge in [0.2, 0.25) is 0 Å². The van der Waals surface area contributed by atoms with Crippen LogP contribution in [0.5, 0.6) is 0 Å². The molecule has 1 aromatic rings. The minimum absolute atomic E-state index is 0.0928. The largest absolute Gasteiger partial charge is 0.383 e. The summed E-state index contributed by atoms with van der Waals surface area (Å²) in [5.74, 6) is 0.0928. The van der Waals surface area contributed by atoms with Crippen LogP contribution in [0.4, 0.5) is 11.4 Å². The molecule has 5 heteroatoms. The molecule has 0 aromatic heterocycles. The maximum absolute atomic E-state index is 12.6. The van der Waals surface area contributed by atoms with Crippen molar-refractivity contribution >= 4 is 17.3 Å². The van der Waals surface area contributed by atoms with Gasteiger partial charge in [-0.2, -0.15) is 0 Å². The van der Waals surface area contributed by atoms with Crippen LogP contribution >= 0.6 is 0 Å². The van der Waals surface area contributed by atoms with E-state index in [1.807, 2.05) is 37.2 Å².